The lowest BCUT2D eigenvalue weighted by Crippen LogP contribution is -2.69. The van der Waals surface area contributed by atoms with Crippen LogP contribution in [0.2, 0.25) is 0 Å². The zero-order valence-electron chi connectivity index (χ0n) is 12.2. The molecule has 1 saturated heterocycles. The maximum absolute atomic E-state index is 6.02. The fourth-order valence-corrected chi connectivity index (χ4v) is 4.49. The Balaban J connectivity index is 1.68. The van der Waals surface area contributed by atoms with Crippen LogP contribution in [0, 0.1) is 11.3 Å². The number of hydrogen-bond donors (Lipinski definition) is 2. The number of aliphatic imine (C=N–C) groups is 1. The van der Waals surface area contributed by atoms with Gasteiger partial charge < -0.3 is 15.4 Å². The maximum atomic E-state index is 6.02. The Bertz CT molecular complexity index is 349. The van der Waals surface area contributed by atoms with Crippen molar-refractivity contribution in [2.24, 2.45) is 16.3 Å². The van der Waals surface area contributed by atoms with Gasteiger partial charge in [0.25, 0.3) is 0 Å². The van der Waals surface area contributed by atoms with Crippen molar-refractivity contribution >= 4 is 5.96 Å². The molecule has 0 radical (unpaired) electrons. The van der Waals surface area contributed by atoms with Gasteiger partial charge in [-0.2, -0.15) is 0 Å². The van der Waals surface area contributed by atoms with Crippen LogP contribution in [0.5, 0.6) is 0 Å². The monoisotopic (exact) mass is 265 g/mol. The molecule has 1 heterocycles. The number of ether oxygens (including phenoxy) is 1. The highest BCUT2D eigenvalue weighted by atomic mass is 16.5. The molecule has 3 atom stereocenters. The Hall–Kier alpha value is -0.770. The van der Waals surface area contributed by atoms with Gasteiger partial charge in [-0.1, -0.05) is 19.8 Å². The molecule has 3 aliphatic rings. The van der Waals surface area contributed by atoms with Gasteiger partial charge in [-0.15, -0.1) is 0 Å². The van der Waals surface area contributed by atoms with E-state index in [2.05, 4.69) is 22.5 Å². The molecule has 3 unspecified atom stereocenters. The number of nitrogens with one attached hydrogen (secondary N) is 2. The first-order valence-electron chi connectivity index (χ1n) is 7.90. The molecule has 3 rings (SSSR count). The van der Waals surface area contributed by atoms with E-state index in [9.17, 15) is 0 Å². The van der Waals surface area contributed by atoms with E-state index in [4.69, 9.17) is 4.74 Å². The van der Waals surface area contributed by atoms with Gasteiger partial charge in [0.15, 0.2) is 5.96 Å². The second kappa shape index (κ2) is 5.31. The lowest BCUT2D eigenvalue weighted by atomic mass is 9.54. The third kappa shape index (κ3) is 2.04. The quantitative estimate of drug-likeness (QED) is 0.605. The van der Waals surface area contributed by atoms with Gasteiger partial charge in [0.2, 0.25) is 0 Å². The highest BCUT2D eigenvalue weighted by molar-refractivity contribution is 5.80. The minimum absolute atomic E-state index is 0.408. The lowest BCUT2D eigenvalue weighted by Gasteiger charge is -2.57. The summed E-state index contributed by atoms with van der Waals surface area (Å²) < 4.78 is 6.02. The lowest BCUT2D eigenvalue weighted by molar-refractivity contribution is -0.125. The highest BCUT2D eigenvalue weighted by Crippen LogP contribution is 2.60. The average molecular weight is 265 g/mol. The fourth-order valence-electron chi connectivity index (χ4n) is 4.49. The van der Waals surface area contributed by atoms with Crippen LogP contribution in [0.1, 0.15) is 45.4 Å². The summed E-state index contributed by atoms with van der Waals surface area (Å²) >= 11 is 0. The van der Waals surface area contributed by atoms with Crippen molar-refractivity contribution in [3.63, 3.8) is 0 Å². The summed E-state index contributed by atoms with van der Waals surface area (Å²) in [7, 11) is 1.87. The molecule has 19 heavy (non-hydrogen) atoms. The smallest absolute Gasteiger partial charge is 0.191 e. The Morgan fingerprint density at radius 2 is 2.16 bits per heavy atom. The van der Waals surface area contributed by atoms with Crippen molar-refractivity contribution in [2.45, 2.75) is 57.6 Å². The van der Waals surface area contributed by atoms with Crippen LogP contribution in [0.15, 0.2) is 4.99 Å². The molecule has 108 valence electrons. The topological polar surface area (TPSA) is 45.7 Å². The largest absolute Gasteiger partial charge is 0.377 e. The second-order valence-corrected chi connectivity index (χ2v) is 6.31. The Kier molecular flexibility index (Phi) is 3.70. The molecular formula is C15H27N3O. The summed E-state index contributed by atoms with van der Waals surface area (Å²) in [6.07, 6.45) is 8.27. The molecule has 2 N–H and O–H groups in total. The molecule has 3 fully saturated rings. The maximum Gasteiger partial charge on any atom is 0.191 e. The van der Waals surface area contributed by atoms with E-state index in [0.717, 1.165) is 25.5 Å². The summed E-state index contributed by atoms with van der Waals surface area (Å²) in [5.41, 5.74) is 0.408. The summed E-state index contributed by atoms with van der Waals surface area (Å²) in [5.74, 6) is 1.68. The van der Waals surface area contributed by atoms with Gasteiger partial charge in [-0.05, 0) is 25.7 Å². The van der Waals surface area contributed by atoms with Crippen LogP contribution < -0.4 is 10.6 Å². The Morgan fingerprint density at radius 3 is 2.84 bits per heavy atom. The predicted molar refractivity (Wildman–Crippen MR) is 77.3 cm³/mol. The number of rotatable bonds is 3. The van der Waals surface area contributed by atoms with E-state index in [0.29, 0.717) is 23.5 Å². The third-order valence-corrected chi connectivity index (χ3v) is 5.34. The van der Waals surface area contributed by atoms with Gasteiger partial charge in [0.1, 0.15) is 0 Å². The van der Waals surface area contributed by atoms with Crippen LogP contribution in [-0.2, 0) is 4.74 Å². The minimum Gasteiger partial charge on any atom is -0.377 e. The molecule has 1 spiro atoms. The van der Waals surface area contributed by atoms with E-state index < -0.39 is 0 Å². The first kappa shape index (κ1) is 13.2. The molecule has 0 aromatic heterocycles. The van der Waals surface area contributed by atoms with Gasteiger partial charge in [-0.25, -0.2) is 0 Å². The van der Waals surface area contributed by atoms with Crippen LogP contribution in [0.25, 0.3) is 0 Å². The van der Waals surface area contributed by atoms with E-state index in [1.54, 1.807) is 0 Å². The van der Waals surface area contributed by atoms with Crippen molar-refractivity contribution in [1.82, 2.24) is 10.6 Å². The Morgan fingerprint density at radius 1 is 1.37 bits per heavy atom. The molecule has 0 amide bonds. The average Bonchev–Trinajstić information content (AvgIpc) is 3.07. The number of fused-ring (bicyclic) bond motifs is 2. The zero-order valence-corrected chi connectivity index (χ0v) is 12.2. The van der Waals surface area contributed by atoms with Crippen LogP contribution in [-0.4, -0.2) is 38.3 Å². The van der Waals surface area contributed by atoms with Crippen molar-refractivity contribution in [3.05, 3.63) is 0 Å². The summed E-state index contributed by atoms with van der Waals surface area (Å²) in [6, 6.07) is 0.575. The van der Waals surface area contributed by atoms with E-state index in [1.165, 1.54) is 32.1 Å². The van der Waals surface area contributed by atoms with Crippen molar-refractivity contribution in [3.8, 4) is 0 Å². The van der Waals surface area contributed by atoms with E-state index in [1.807, 2.05) is 7.05 Å². The van der Waals surface area contributed by atoms with Gasteiger partial charge >= 0.3 is 0 Å². The van der Waals surface area contributed by atoms with Crippen molar-refractivity contribution in [1.29, 1.82) is 0 Å². The van der Waals surface area contributed by atoms with E-state index in [-0.39, 0.29) is 0 Å². The molecule has 2 saturated carbocycles. The first-order chi connectivity index (χ1) is 9.31. The first-order valence-corrected chi connectivity index (χ1v) is 7.90. The van der Waals surface area contributed by atoms with Gasteiger partial charge in [0.05, 0.1) is 6.10 Å². The van der Waals surface area contributed by atoms with E-state index >= 15 is 0 Å². The van der Waals surface area contributed by atoms with Crippen LogP contribution >= 0.6 is 0 Å². The summed E-state index contributed by atoms with van der Waals surface area (Å²) in [6.45, 7) is 4.13. The number of guanidine groups is 1. The second-order valence-electron chi connectivity index (χ2n) is 6.31. The molecule has 1 aliphatic heterocycles. The predicted octanol–water partition coefficient (Wildman–Crippen LogP) is 1.91. The fraction of sp³-hybridized carbons (Fsp3) is 0.933. The molecule has 4 heteroatoms. The highest BCUT2D eigenvalue weighted by Gasteiger charge is 2.65. The summed E-state index contributed by atoms with van der Waals surface area (Å²) in [5, 5.41) is 7.10. The van der Waals surface area contributed by atoms with Crippen LogP contribution in [0.4, 0.5) is 0 Å². The standard InChI is InChI=1S/C15H27N3O/c1-3-9-17-14(16-2)18-12-11-6-10-19-13(11)15(12)7-4-5-8-15/h11-13H,3-10H2,1-2H3,(H2,16,17,18). The number of hydrogen-bond acceptors (Lipinski definition) is 2. The Labute approximate surface area is 116 Å². The summed E-state index contributed by atoms with van der Waals surface area (Å²) in [4.78, 5) is 4.37. The van der Waals surface area contributed by atoms with Gasteiger partial charge in [0, 0.05) is 37.6 Å². The normalized spacial score (nSPS) is 36.1. The van der Waals surface area contributed by atoms with Crippen LogP contribution in [0.3, 0.4) is 0 Å². The molecule has 0 bridgehead atoms. The molecule has 4 nitrogen and oxygen atoms in total. The molecule has 2 aliphatic carbocycles. The zero-order chi connectivity index (χ0) is 13.3. The minimum atomic E-state index is 0.408. The number of nitrogens with zero attached hydrogens (tertiary/aromatic N) is 1. The molecule has 0 aromatic rings. The molecule has 0 aromatic carbocycles. The SMILES string of the molecule is CCCNC(=NC)NC1C2CCOC2C12CCCC2. The molecular weight excluding hydrogens is 238 g/mol. The van der Waals surface area contributed by atoms with Crippen molar-refractivity contribution in [2.75, 3.05) is 20.2 Å². The van der Waals surface area contributed by atoms with Gasteiger partial charge in [-0.3, -0.25) is 4.99 Å². The van der Waals surface area contributed by atoms with Crippen molar-refractivity contribution < 1.29 is 4.74 Å². The third-order valence-electron chi connectivity index (χ3n) is 5.34.